The number of alkyl halides is 3. The average molecular weight is 489 g/mol. The summed E-state index contributed by atoms with van der Waals surface area (Å²) in [4.78, 5) is 27.1. The van der Waals surface area contributed by atoms with E-state index in [4.69, 9.17) is 5.73 Å². The van der Waals surface area contributed by atoms with Gasteiger partial charge in [0.05, 0.1) is 11.5 Å². The van der Waals surface area contributed by atoms with E-state index in [9.17, 15) is 22.8 Å². The van der Waals surface area contributed by atoms with Crippen LogP contribution in [-0.2, 0) is 22.2 Å². The lowest BCUT2D eigenvalue weighted by Crippen LogP contribution is -2.48. The quantitative estimate of drug-likeness (QED) is 0.651. The van der Waals surface area contributed by atoms with E-state index in [0.29, 0.717) is 29.5 Å². The van der Waals surface area contributed by atoms with E-state index in [1.54, 1.807) is 6.07 Å². The number of benzene rings is 1. The zero-order chi connectivity index (χ0) is 21.9. The van der Waals surface area contributed by atoms with Gasteiger partial charge in [-0.2, -0.15) is 13.2 Å². The number of nitrogens with two attached hydrogens (primary N) is 1. The second kappa shape index (κ2) is 9.81. The first-order valence-electron chi connectivity index (χ1n) is 10.6. The molecule has 4 nitrogen and oxygen atoms in total. The van der Waals surface area contributed by atoms with Crippen LogP contribution in [0.5, 0.6) is 0 Å². The minimum atomic E-state index is -4.44. The Morgan fingerprint density at radius 3 is 2.37 bits per heavy atom. The number of halogens is 4. The summed E-state index contributed by atoms with van der Waals surface area (Å²) in [6, 6.07) is 3.55. The standard InChI is InChI=1S/C22H28BrF3N2O2/c23-17-10-15(9-16(13-17)22(24,25)26)12-18(29)11-14-5-7-28(8-6-14)21(30)19-3-1-2-4-20(19)27/h9-10,13-14,19-20H,1-8,11-12,27H2/t19-,20-/m0/s1. The van der Waals surface area contributed by atoms with Crippen LogP contribution in [0.1, 0.15) is 56.1 Å². The molecule has 1 aliphatic carbocycles. The van der Waals surface area contributed by atoms with Gasteiger partial charge in [0.25, 0.3) is 0 Å². The summed E-state index contributed by atoms with van der Waals surface area (Å²) >= 11 is 3.09. The summed E-state index contributed by atoms with van der Waals surface area (Å²) < 4.78 is 39.2. The number of nitrogens with zero attached hydrogens (tertiary/aromatic N) is 1. The Kier molecular flexibility index (Phi) is 7.61. The highest BCUT2D eigenvalue weighted by atomic mass is 79.9. The van der Waals surface area contributed by atoms with E-state index in [2.05, 4.69) is 15.9 Å². The van der Waals surface area contributed by atoms with Crippen molar-refractivity contribution in [3.05, 3.63) is 33.8 Å². The highest BCUT2D eigenvalue weighted by Gasteiger charge is 2.34. The molecular weight excluding hydrogens is 461 g/mol. The fourth-order valence-corrected chi connectivity index (χ4v) is 5.14. The Bertz CT molecular complexity index is 776. The van der Waals surface area contributed by atoms with E-state index < -0.39 is 11.7 Å². The summed E-state index contributed by atoms with van der Waals surface area (Å²) in [7, 11) is 0. The molecule has 8 heteroatoms. The monoisotopic (exact) mass is 488 g/mol. The summed E-state index contributed by atoms with van der Waals surface area (Å²) in [6.07, 6.45) is 1.23. The van der Waals surface area contributed by atoms with Gasteiger partial charge in [-0.25, -0.2) is 0 Å². The predicted molar refractivity (Wildman–Crippen MR) is 112 cm³/mol. The molecule has 0 bridgehead atoms. The maximum atomic E-state index is 13.0. The summed E-state index contributed by atoms with van der Waals surface area (Å²) in [5, 5.41) is 0. The number of carbonyl (C=O) groups excluding carboxylic acids is 2. The topological polar surface area (TPSA) is 63.4 Å². The first-order valence-corrected chi connectivity index (χ1v) is 11.4. The molecule has 1 saturated heterocycles. The summed E-state index contributed by atoms with van der Waals surface area (Å²) in [5.74, 6) is 0.146. The average Bonchev–Trinajstić information content (AvgIpc) is 2.67. The molecule has 1 heterocycles. The van der Waals surface area contributed by atoms with Crippen molar-refractivity contribution in [1.82, 2.24) is 4.90 Å². The highest BCUT2D eigenvalue weighted by molar-refractivity contribution is 9.10. The number of ketones is 1. The van der Waals surface area contributed by atoms with Crippen molar-refractivity contribution in [2.75, 3.05) is 13.1 Å². The maximum absolute atomic E-state index is 13.0. The molecule has 2 N–H and O–H groups in total. The third-order valence-corrected chi connectivity index (χ3v) is 6.72. The van der Waals surface area contributed by atoms with Crippen LogP contribution in [0, 0.1) is 11.8 Å². The largest absolute Gasteiger partial charge is 0.416 e. The second-order valence-electron chi connectivity index (χ2n) is 8.59. The van der Waals surface area contributed by atoms with Gasteiger partial charge in [-0.3, -0.25) is 9.59 Å². The SMILES string of the molecule is N[C@H]1CCCC[C@@H]1C(=O)N1CCC(CC(=O)Cc2cc(Br)cc(C(F)(F)F)c2)CC1. The second-order valence-corrected chi connectivity index (χ2v) is 9.50. The molecule has 2 atom stereocenters. The van der Waals surface area contributed by atoms with Crippen molar-refractivity contribution in [2.24, 2.45) is 17.6 Å². The lowest BCUT2D eigenvalue weighted by atomic mass is 9.83. The van der Waals surface area contributed by atoms with E-state index in [1.807, 2.05) is 4.90 Å². The van der Waals surface area contributed by atoms with E-state index in [1.165, 1.54) is 0 Å². The molecule has 3 rings (SSSR count). The van der Waals surface area contributed by atoms with Gasteiger partial charge in [0, 0.05) is 36.4 Å². The molecule has 166 valence electrons. The molecular formula is C22H28BrF3N2O2. The molecule has 0 spiro atoms. The number of amides is 1. The van der Waals surface area contributed by atoms with Gasteiger partial charge in [-0.05, 0) is 55.4 Å². The van der Waals surface area contributed by atoms with Crippen LogP contribution in [-0.4, -0.2) is 35.7 Å². The van der Waals surface area contributed by atoms with Crippen LogP contribution in [0.25, 0.3) is 0 Å². The number of Topliss-reactive ketones (excluding diaryl/α,β-unsaturated/α-hetero) is 1. The van der Waals surface area contributed by atoms with Crippen molar-refractivity contribution in [3.8, 4) is 0 Å². The van der Waals surface area contributed by atoms with Crippen LogP contribution in [0.2, 0.25) is 0 Å². The van der Waals surface area contributed by atoms with Gasteiger partial charge in [-0.15, -0.1) is 0 Å². The molecule has 1 saturated carbocycles. The summed E-state index contributed by atoms with van der Waals surface area (Å²) in [6.45, 7) is 1.24. The smallest absolute Gasteiger partial charge is 0.342 e. The molecule has 0 aromatic heterocycles. The van der Waals surface area contributed by atoms with Crippen LogP contribution in [0.15, 0.2) is 22.7 Å². The summed E-state index contributed by atoms with van der Waals surface area (Å²) in [5.41, 5.74) is 5.74. The number of likely N-dealkylation sites (tertiary alicyclic amines) is 1. The fraction of sp³-hybridized carbons (Fsp3) is 0.636. The molecule has 0 radical (unpaired) electrons. The Hall–Kier alpha value is -1.41. The molecule has 1 aromatic carbocycles. The number of hydrogen-bond donors (Lipinski definition) is 1. The van der Waals surface area contributed by atoms with E-state index >= 15 is 0 Å². The van der Waals surface area contributed by atoms with Crippen molar-refractivity contribution >= 4 is 27.6 Å². The van der Waals surface area contributed by atoms with Crippen LogP contribution in [0.3, 0.4) is 0 Å². The molecule has 30 heavy (non-hydrogen) atoms. The minimum Gasteiger partial charge on any atom is -0.342 e. The van der Waals surface area contributed by atoms with Gasteiger partial charge in [0.1, 0.15) is 5.78 Å². The molecule has 2 fully saturated rings. The third-order valence-electron chi connectivity index (χ3n) is 6.27. The van der Waals surface area contributed by atoms with Crippen molar-refractivity contribution in [3.63, 3.8) is 0 Å². The third kappa shape index (κ3) is 6.06. The van der Waals surface area contributed by atoms with Crippen molar-refractivity contribution in [2.45, 2.75) is 63.6 Å². The fourth-order valence-electron chi connectivity index (χ4n) is 4.60. The Labute approximate surface area is 183 Å². The van der Waals surface area contributed by atoms with E-state index in [-0.39, 0.29) is 36.0 Å². The Balaban J connectivity index is 1.50. The molecule has 0 unspecified atom stereocenters. The molecule has 2 aliphatic rings. The molecule has 1 aromatic rings. The zero-order valence-electron chi connectivity index (χ0n) is 16.9. The lowest BCUT2D eigenvalue weighted by molar-refractivity contribution is -0.139. The normalized spacial score (nSPS) is 23.4. The number of carbonyl (C=O) groups is 2. The van der Waals surface area contributed by atoms with Gasteiger partial charge in [0.2, 0.25) is 5.91 Å². The zero-order valence-corrected chi connectivity index (χ0v) is 18.5. The van der Waals surface area contributed by atoms with Gasteiger partial charge in [0.15, 0.2) is 0 Å². The van der Waals surface area contributed by atoms with Gasteiger partial charge in [-0.1, -0.05) is 28.8 Å². The van der Waals surface area contributed by atoms with E-state index in [0.717, 1.165) is 50.7 Å². The van der Waals surface area contributed by atoms with Crippen molar-refractivity contribution < 1.29 is 22.8 Å². The highest BCUT2D eigenvalue weighted by Crippen LogP contribution is 2.33. The number of piperidine rings is 1. The molecule has 1 aliphatic heterocycles. The predicted octanol–water partition coefficient (Wildman–Crippen LogP) is 4.73. The maximum Gasteiger partial charge on any atom is 0.416 e. The lowest BCUT2D eigenvalue weighted by Gasteiger charge is -2.37. The van der Waals surface area contributed by atoms with Gasteiger partial charge < -0.3 is 10.6 Å². The van der Waals surface area contributed by atoms with Crippen LogP contribution >= 0.6 is 15.9 Å². The van der Waals surface area contributed by atoms with Crippen LogP contribution in [0.4, 0.5) is 13.2 Å². The Morgan fingerprint density at radius 2 is 1.73 bits per heavy atom. The first-order chi connectivity index (χ1) is 14.1. The Morgan fingerprint density at radius 1 is 1.07 bits per heavy atom. The number of rotatable bonds is 5. The van der Waals surface area contributed by atoms with Gasteiger partial charge >= 0.3 is 6.18 Å². The first kappa shape index (κ1) is 23.3. The van der Waals surface area contributed by atoms with Crippen molar-refractivity contribution in [1.29, 1.82) is 0 Å². The minimum absolute atomic E-state index is 0.0153. The number of hydrogen-bond acceptors (Lipinski definition) is 3. The molecule has 1 amide bonds. The van der Waals surface area contributed by atoms with Crippen LogP contribution < -0.4 is 5.73 Å².